The lowest BCUT2D eigenvalue weighted by atomic mass is 10.1. The lowest BCUT2D eigenvalue weighted by Crippen LogP contribution is -2.30. The summed E-state index contributed by atoms with van der Waals surface area (Å²) in [5, 5.41) is 3.31. The van der Waals surface area contributed by atoms with Crippen LogP contribution in [0.2, 0.25) is 5.02 Å². The Morgan fingerprint density at radius 2 is 1.79 bits per heavy atom. The molecule has 0 spiro atoms. The Morgan fingerprint density at radius 1 is 1.12 bits per heavy atom. The van der Waals surface area contributed by atoms with Crippen LogP contribution in [0.25, 0.3) is 6.08 Å². The Morgan fingerprint density at radius 3 is 2.50 bits per heavy atom. The van der Waals surface area contributed by atoms with Crippen molar-refractivity contribution in [2.75, 3.05) is 6.61 Å². The molecule has 1 N–H and O–H groups in total. The number of halogens is 1. The Labute approximate surface area is 146 Å². The van der Waals surface area contributed by atoms with Crippen LogP contribution in [0.15, 0.2) is 60.7 Å². The molecule has 0 unspecified atom stereocenters. The third-order valence-corrected chi connectivity index (χ3v) is 3.67. The van der Waals surface area contributed by atoms with Crippen molar-refractivity contribution < 1.29 is 14.3 Å². The van der Waals surface area contributed by atoms with Gasteiger partial charge in [-0.05, 0) is 30.2 Å². The molecule has 0 radical (unpaired) electrons. The van der Waals surface area contributed by atoms with E-state index in [1.165, 1.54) is 6.08 Å². The van der Waals surface area contributed by atoms with Crippen molar-refractivity contribution in [1.29, 1.82) is 0 Å². The molecule has 124 valence electrons. The van der Waals surface area contributed by atoms with Crippen molar-refractivity contribution in [2.45, 2.75) is 13.0 Å². The van der Waals surface area contributed by atoms with Gasteiger partial charge in [0.15, 0.2) is 6.61 Å². The molecule has 0 bridgehead atoms. The SMILES string of the molecule is C[C@H](NC(=O)COC(=O)/C=C/c1ccccc1Cl)c1ccccc1. The van der Waals surface area contributed by atoms with E-state index in [4.69, 9.17) is 16.3 Å². The van der Waals surface area contributed by atoms with E-state index in [2.05, 4.69) is 5.32 Å². The average Bonchev–Trinajstić information content (AvgIpc) is 2.60. The Hall–Kier alpha value is -2.59. The molecule has 24 heavy (non-hydrogen) atoms. The molecule has 0 aliphatic rings. The number of ether oxygens (including phenoxy) is 1. The van der Waals surface area contributed by atoms with Gasteiger partial charge < -0.3 is 10.1 Å². The van der Waals surface area contributed by atoms with E-state index in [-0.39, 0.29) is 18.6 Å². The highest BCUT2D eigenvalue weighted by atomic mass is 35.5. The van der Waals surface area contributed by atoms with Crippen molar-refractivity contribution in [2.24, 2.45) is 0 Å². The molecule has 5 heteroatoms. The number of hydrogen-bond acceptors (Lipinski definition) is 3. The number of esters is 1. The highest BCUT2D eigenvalue weighted by Gasteiger charge is 2.10. The normalized spacial score (nSPS) is 11.9. The van der Waals surface area contributed by atoms with Crippen LogP contribution in [0.1, 0.15) is 24.1 Å². The molecular weight excluding hydrogens is 326 g/mol. The van der Waals surface area contributed by atoms with Gasteiger partial charge in [-0.25, -0.2) is 4.79 Å². The third-order valence-electron chi connectivity index (χ3n) is 3.33. The van der Waals surface area contributed by atoms with Crippen molar-refractivity contribution in [3.63, 3.8) is 0 Å². The second kappa shape index (κ2) is 8.89. The van der Waals surface area contributed by atoms with Crippen molar-refractivity contribution >= 4 is 29.6 Å². The first-order valence-electron chi connectivity index (χ1n) is 7.50. The molecule has 1 atom stereocenters. The van der Waals surface area contributed by atoms with Gasteiger partial charge in [0.2, 0.25) is 0 Å². The Balaban J connectivity index is 1.79. The van der Waals surface area contributed by atoms with E-state index in [1.807, 2.05) is 43.3 Å². The lowest BCUT2D eigenvalue weighted by Gasteiger charge is -2.13. The van der Waals surface area contributed by atoms with E-state index in [0.29, 0.717) is 10.6 Å². The maximum Gasteiger partial charge on any atom is 0.331 e. The molecule has 2 rings (SSSR count). The maximum atomic E-state index is 11.8. The van der Waals surface area contributed by atoms with Crippen LogP contribution < -0.4 is 5.32 Å². The molecule has 1 amide bonds. The topological polar surface area (TPSA) is 55.4 Å². The van der Waals surface area contributed by atoms with Crippen LogP contribution >= 0.6 is 11.6 Å². The summed E-state index contributed by atoms with van der Waals surface area (Å²) >= 11 is 5.98. The molecule has 0 aromatic heterocycles. The number of amides is 1. The van der Waals surface area contributed by atoms with E-state index in [9.17, 15) is 9.59 Å². The van der Waals surface area contributed by atoms with Crippen LogP contribution in [-0.4, -0.2) is 18.5 Å². The number of hydrogen-bond donors (Lipinski definition) is 1. The summed E-state index contributed by atoms with van der Waals surface area (Å²) in [6, 6.07) is 16.5. The number of carbonyl (C=O) groups is 2. The molecule has 0 heterocycles. The highest BCUT2D eigenvalue weighted by Crippen LogP contribution is 2.16. The van der Waals surface area contributed by atoms with Crippen molar-refractivity contribution in [3.05, 3.63) is 76.8 Å². The summed E-state index contributed by atoms with van der Waals surface area (Å²) in [7, 11) is 0. The molecule has 0 aliphatic heterocycles. The fraction of sp³-hybridized carbons (Fsp3) is 0.158. The second-order valence-electron chi connectivity index (χ2n) is 5.16. The van der Waals surface area contributed by atoms with Gasteiger partial charge in [0.1, 0.15) is 0 Å². The minimum atomic E-state index is -0.600. The summed E-state index contributed by atoms with van der Waals surface area (Å²) in [6.45, 7) is 1.54. The van der Waals surface area contributed by atoms with Gasteiger partial charge in [-0.1, -0.05) is 60.1 Å². The van der Waals surface area contributed by atoms with Gasteiger partial charge >= 0.3 is 5.97 Å². The largest absolute Gasteiger partial charge is 0.452 e. The van der Waals surface area contributed by atoms with Crippen LogP contribution in [0.4, 0.5) is 0 Å². The van der Waals surface area contributed by atoms with Gasteiger partial charge in [-0.2, -0.15) is 0 Å². The van der Waals surface area contributed by atoms with Gasteiger partial charge in [0.25, 0.3) is 5.91 Å². The van der Waals surface area contributed by atoms with Gasteiger partial charge in [-0.15, -0.1) is 0 Å². The third kappa shape index (κ3) is 5.56. The van der Waals surface area contributed by atoms with Gasteiger partial charge in [0, 0.05) is 11.1 Å². The predicted molar refractivity (Wildman–Crippen MR) is 94.4 cm³/mol. The molecule has 0 saturated carbocycles. The van der Waals surface area contributed by atoms with E-state index >= 15 is 0 Å². The zero-order chi connectivity index (χ0) is 17.4. The molecule has 0 fully saturated rings. The Kier molecular flexibility index (Phi) is 6.58. The molecule has 4 nitrogen and oxygen atoms in total. The minimum absolute atomic E-state index is 0.156. The molecular formula is C19H18ClNO3. The first-order valence-corrected chi connectivity index (χ1v) is 7.87. The summed E-state index contributed by atoms with van der Waals surface area (Å²) in [5.74, 6) is -0.955. The maximum absolute atomic E-state index is 11.8. The Bertz CT molecular complexity index is 728. The number of carbonyl (C=O) groups excluding carboxylic acids is 2. The van der Waals surface area contributed by atoms with E-state index in [1.54, 1.807) is 24.3 Å². The molecule has 2 aromatic carbocycles. The summed E-state index contributed by atoms with van der Waals surface area (Å²) < 4.78 is 4.92. The first-order chi connectivity index (χ1) is 11.6. The van der Waals surface area contributed by atoms with Crippen molar-refractivity contribution in [1.82, 2.24) is 5.32 Å². The van der Waals surface area contributed by atoms with Crippen LogP contribution in [0.3, 0.4) is 0 Å². The summed E-state index contributed by atoms with van der Waals surface area (Å²) in [6.07, 6.45) is 2.80. The van der Waals surface area contributed by atoms with Crippen LogP contribution in [0.5, 0.6) is 0 Å². The quantitative estimate of drug-likeness (QED) is 0.641. The molecule has 0 aliphatic carbocycles. The first kappa shape index (κ1) is 17.8. The standard InChI is InChI=1S/C19H18ClNO3/c1-14(15-7-3-2-4-8-15)21-18(22)13-24-19(23)12-11-16-9-5-6-10-17(16)20/h2-12,14H,13H2,1H3,(H,21,22)/b12-11+/t14-/m0/s1. The minimum Gasteiger partial charge on any atom is -0.452 e. The number of nitrogens with one attached hydrogen (secondary N) is 1. The van der Waals surface area contributed by atoms with Gasteiger partial charge in [0.05, 0.1) is 6.04 Å². The fourth-order valence-electron chi connectivity index (χ4n) is 2.06. The second-order valence-corrected chi connectivity index (χ2v) is 5.57. The summed E-state index contributed by atoms with van der Waals surface area (Å²) in [4.78, 5) is 23.5. The number of rotatable bonds is 6. The van der Waals surface area contributed by atoms with Crippen LogP contribution in [-0.2, 0) is 14.3 Å². The smallest absolute Gasteiger partial charge is 0.331 e. The van der Waals surface area contributed by atoms with E-state index in [0.717, 1.165) is 5.56 Å². The van der Waals surface area contributed by atoms with Gasteiger partial charge in [-0.3, -0.25) is 4.79 Å². The average molecular weight is 344 g/mol. The fourth-order valence-corrected chi connectivity index (χ4v) is 2.26. The zero-order valence-corrected chi connectivity index (χ0v) is 14.0. The predicted octanol–water partition coefficient (Wildman–Crippen LogP) is 3.77. The summed E-state index contributed by atoms with van der Waals surface area (Å²) in [5.41, 5.74) is 1.69. The molecule has 0 saturated heterocycles. The van der Waals surface area contributed by atoms with Crippen molar-refractivity contribution in [3.8, 4) is 0 Å². The highest BCUT2D eigenvalue weighted by molar-refractivity contribution is 6.32. The number of benzene rings is 2. The molecule has 2 aromatic rings. The monoisotopic (exact) mass is 343 g/mol. The van der Waals surface area contributed by atoms with Crippen LogP contribution in [0, 0.1) is 0 Å². The van der Waals surface area contributed by atoms with E-state index < -0.39 is 5.97 Å². The zero-order valence-electron chi connectivity index (χ0n) is 13.2. The lowest BCUT2D eigenvalue weighted by molar-refractivity contribution is -0.144.